The van der Waals surface area contributed by atoms with Crippen molar-refractivity contribution in [3.05, 3.63) is 59.4 Å². The van der Waals surface area contributed by atoms with Crippen molar-refractivity contribution < 1.29 is 8.98 Å². The SMILES string of the molecule is Cc1ccc2c(n1)oc1c(-c3cc(C(C)C)cc[n+]3C)c(C)ccc12. The van der Waals surface area contributed by atoms with Gasteiger partial charge in [-0.1, -0.05) is 26.0 Å². The van der Waals surface area contributed by atoms with Crippen LogP contribution in [0.4, 0.5) is 0 Å². The molecule has 0 amide bonds. The first kappa shape index (κ1) is 15.8. The molecule has 126 valence electrons. The van der Waals surface area contributed by atoms with Gasteiger partial charge in [-0.05, 0) is 43.0 Å². The predicted molar refractivity (Wildman–Crippen MR) is 102 cm³/mol. The maximum Gasteiger partial charge on any atom is 0.227 e. The van der Waals surface area contributed by atoms with E-state index in [1.54, 1.807) is 0 Å². The number of furan rings is 1. The lowest BCUT2D eigenvalue weighted by atomic mass is 9.97. The van der Waals surface area contributed by atoms with Gasteiger partial charge in [-0.2, -0.15) is 0 Å². The van der Waals surface area contributed by atoms with E-state index < -0.39 is 0 Å². The average Bonchev–Trinajstić information content (AvgIpc) is 2.92. The van der Waals surface area contributed by atoms with E-state index in [-0.39, 0.29) is 0 Å². The first-order valence-corrected chi connectivity index (χ1v) is 8.75. The van der Waals surface area contributed by atoms with Crippen LogP contribution < -0.4 is 4.57 Å². The molecule has 0 unspecified atom stereocenters. The summed E-state index contributed by atoms with van der Waals surface area (Å²) in [4.78, 5) is 4.57. The molecule has 0 spiro atoms. The fourth-order valence-corrected chi connectivity index (χ4v) is 3.42. The molecule has 0 saturated heterocycles. The zero-order valence-corrected chi connectivity index (χ0v) is 15.4. The molecule has 0 aliphatic rings. The van der Waals surface area contributed by atoms with Crippen LogP contribution in [0.5, 0.6) is 0 Å². The molecule has 0 aliphatic heterocycles. The topological polar surface area (TPSA) is 29.9 Å². The van der Waals surface area contributed by atoms with Crippen molar-refractivity contribution >= 4 is 22.1 Å². The first-order valence-electron chi connectivity index (χ1n) is 8.75. The van der Waals surface area contributed by atoms with Crippen LogP contribution in [0, 0.1) is 13.8 Å². The van der Waals surface area contributed by atoms with E-state index >= 15 is 0 Å². The number of fused-ring (bicyclic) bond motifs is 3. The largest absolute Gasteiger partial charge is 0.437 e. The van der Waals surface area contributed by atoms with Gasteiger partial charge in [0.2, 0.25) is 11.4 Å². The second-order valence-electron chi connectivity index (χ2n) is 7.15. The zero-order valence-electron chi connectivity index (χ0n) is 15.4. The molecule has 0 radical (unpaired) electrons. The Balaban J connectivity index is 2.09. The minimum absolute atomic E-state index is 0.486. The Morgan fingerprint density at radius 1 is 1.00 bits per heavy atom. The summed E-state index contributed by atoms with van der Waals surface area (Å²) in [7, 11) is 2.09. The van der Waals surface area contributed by atoms with E-state index in [0.29, 0.717) is 11.6 Å². The van der Waals surface area contributed by atoms with Crippen molar-refractivity contribution in [3.8, 4) is 11.3 Å². The van der Waals surface area contributed by atoms with E-state index in [1.807, 2.05) is 13.0 Å². The Morgan fingerprint density at radius 2 is 1.76 bits per heavy atom. The molecule has 0 fully saturated rings. The number of aromatic nitrogens is 2. The molecule has 3 heterocycles. The van der Waals surface area contributed by atoms with E-state index in [4.69, 9.17) is 4.42 Å². The summed E-state index contributed by atoms with van der Waals surface area (Å²) in [6.07, 6.45) is 2.13. The van der Waals surface area contributed by atoms with Crippen LogP contribution in [0.3, 0.4) is 0 Å². The van der Waals surface area contributed by atoms with Crippen LogP contribution in [0.1, 0.15) is 36.6 Å². The molecule has 3 aromatic heterocycles. The van der Waals surface area contributed by atoms with Crippen molar-refractivity contribution in [1.29, 1.82) is 0 Å². The third kappa shape index (κ3) is 2.51. The minimum Gasteiger partial charge on any atom is -0.437 e. The van der Waals surface area contributed by atoms with Crippen LogP contribution in [-0.4, -0.2) is 4.98 Å². The van der Waals surface area contributed by atoms with Gasteiger partial charge in [0.15, 0.2) is 11.8 Å². The van der Waals surface area contributed by atoms with E-state index in [9.17, 15) is 0 Å². The quantitative estimate of drug-likeness (QED) is 0.472. The third-order valence-corrected chi connectivity index (χ3v) is 4.95. The van der Waals surface area contributed by atoms with Gasteiger partial charge in [-0.3, -0.25) is 0 Å². The summed E-state index contributed by atoms with van der Waals surface area (Å²) in [6, 6.07) is 12.9. The highest BCUT2D eigenvalue weighted by molar-refractivity contribution is 6.08. The van der Waals surface area contributed by atoms with Gasteiger partial charge in [0.1, 0.15) is 7.05 Å². The number of aryl methyl sites for hydroxylation is 3. The van der Waals surface area contributed by atoms with E-state index in [1.165, 1.54) is 16.8 Å². The summed E-state index contributed by atoms with van der Waals surface area (Å²) < 4.78 is 8.40. The van der Waals surface area contributed by atoms with Crippen molar-refractivity contribution in [2.45, 2.75) is 33.6 Å². The Labute approximate surface area is 147 Å². The lowest BCUT2D eigenvalue weighted by molar-refractivity contribution is -0.660. The maximum absolute atomic E-state index is 6.23. The Morgan fingerprint density at radius 3 is 2.52 bits per heavy atom. The molecule has 1 aromatic carbocycles. The monoisotopic (exact) mass is 331 g/mol. The number of nitrogens with zero attached hydrogens (tertiary/aromatic N) is 2. The summed E-state index contributed by atoms with van der Waals surface area (Å²) in [5.74, 6) is 0.486. The van der Waals surface area contributed by atoms with Gasteiger partial charge < -0.3 is 4.42 Å². The summed E-state index contributed by atoms with van der Waals surface area (Å²) in [5, 5.41) is 2.20. The number of hydrogen-bond acceptors (Lipinski definition) is 2. The molecule has 0 atom stereocenters. The van der Waals surface area contributed by atoms with Crippen molar-refractivity contribution in [2.24, 2.45) is 7.05 Å². The molecular weight excluding hydrogens is 308 g/mol. The number of hydrogen-bond donors (Lipinski definition) is 0. The highest BCUT2D eigenvalue weighted by Crippen LogP contribution is 2.36. The molecule has 0 bridgehead atoms. The van der Waals surface area contributed by atoms with Gasteiger partial charge in [-0.25, -0.2) is 9.55 Å². The Kier molecular flexibility index (Phi) is 3.60. The second-order valence-corrected chi connectivity index (χ2v) is 7.15. The standard InChI is InChI=1S/C22H23N2O/c1-13(2)16-10-11-24(5)19(12-16)20-14(3)6-8-17-18-9-7-15(4)23-22(18)25-21(17)20/h6-13H,1-5H3/q+1. The molecule has 0 N–H and O–H groups in total. The van der Waals surface area contributed by atoms with Crippen LogP contribution in [0.2, 0.25) is 0 Å². The van der Waals surface area contributed by atoms with Crippen molar-refractivity contribution in [2.75, 3.05) is 0 Å². The van der Waals surface area contributed by atoms with Gasteiger partial charge in [0.25, 0.3) is 0 Å². The number of rotatable bonds is 2. The van der Waals surface area contributed by atoms with Crippen molar-refractivity contribution in [3.63, 3.8) is 0 Å². The molecule has 0 saturated carbocycles. The summed E-state index contributed by atoms with van der Waals surface area (Å²) >= 11 is 0. The molecule has 4 aromatic rings. The van der Waals surface area contributed by atoms with Gasteiger partial charge >= 0.3 is 0 Å². The Hall–Kier alpha value is -2.68. The highest BCUT2D eigenvalue weighted by Gasteiger charge is 2.21. The minimum atomic E-state index is 0.486. The predicted octanol–water partition coefficient (Wildman–Crippen LogP) is 5.21. The fourth-order valence-electron chi connectivity index (χ4n) is 3.42. The maximum atomic E-state index is 6.23. The van der Waals surface area contributed by atoms with Crippen molar-refractivity contribution in [1.82, 2.24) is 4.98 Å². The highest BCUT2D eigenvalue weighted by atomic mass is 16.3. The van der Waals surface area contributed by atoms with Crippen LogP contribution in [-0.2, 0) is 7.05 Å². The van der Waals surface area contributed by atoms with E-state index in [0.717, 1.165) is 27.6 Å². The van der Waals surface area contributed by atoms with E-state index in [2.05, 4.69) is 73.9 Å². The number of pyridine rings is 2. The fraction of sp³-hybridized carbons (Fsp3) is 0.273. The first-order chi connectivity index (χ1) is 12.0. The van der Waals surface area contributed by atoms with Gasteiger partial charge in [0, 0.05) is 28.6 Å². The molecule has 4 rings (SSSR count). The molecular formula is C22H23N2O+. The smallest absolute Gasteiger partial charge is 0.227 e. The Bertz CT molecular complexity index is 1110. The normalized spacial score (nSPS) is 11.8. The average molecular weight is 331 g/mol. The van der Waals surface area contributed by atoms with Crippen LogP contribution in [0.15, 0.2) is 47.0 Å². The lowest BCUT2D eigenvalue weighted by Crippen LogP contribution is -2.31. The molecule has 3 heteroatoms. The van der Waals surface area contributed by atoms with Crippen LogP contribution in [0.25, 0.3) is 33.3 Å². The lowest BCUT2D eigenvalue weighted by Gasteiger charge is -2.09. The third-order valence-electron chi connectivity index (χ3n) is 4.95. The van der Waals surface area contributed by atoms with Crippen LogP contribution >= 0.6 is 0 Å². The molecule has 3 nitrogen and oxygen atoms in total. The zero-order chi connectivity index (χ0) is 17.7. The number of benzene rings is 1. The molecule has 25 heavy (non-hydrogen) atoms. The summed E-state index contributed by atoms with van der Waals surface area (Å²) in [6.45, 7) is 8.58. The second kappa shape index (κ2) is 5.69. The van der Waals surface area contributed by atoms with Gasteiger partial charge in [0.05, 0.1) is 5.56 Å². The van der Waals surface area contributed by atoms with Gasteiger partial charge in [-0.15, -0.1) is 0 Å². The molecule has 0 aliphatic carbocycles. The summed E-state index contributed by atoms with van der Waals surface area (Å²) in [5.41, 5.74) is 7.46.